The molecule has 3 aromatic rings. The van der Waals surface area contributed by atoms with Crippen LogP contribution in [-0.2, 0) is 0 Å². The molecule has 110 valence electrons. The van der Waals surface area contributed by atoms with E-state index in [1.165, 1.54) is 4.80 Å². The second-order valence-electron chi connectivity index (χ2n) is 4.63. The minimum atomic E-state index is 0.479. The Kier molecular flexibility index (Phi) is 3.58. The molecule has 0 bridgehead atoms. The van der Waals surface area contributed by atoms with Crippen molar-refractivity contribution in [2.24, 2.45) is 5.11 Å². The number of halogens is 1. The van der Waals surface area contributed by atoms with Crippen LogP contribution in [0.2, 0.25) is 5.02 Å². The second-order valence-corrected chi connectivity index (χ2v) is 5.03. The third-order valence-electron chi connectivity index (χ3n) is 3.22. The van der Waals surface area contributed by atoms with Crippen molar-refractivity contribution in [3.05, 3.63) is 51.4 Å². The molecule has 0 N–H and O–H groups in total. The Hall–Kier alpha value is -2.76. The number of rotatable bonds is 3. The van der Waals surface area contributed by atoms with Crippen LogP contribution >= 0.6 is 11.6 Å². The molecule has 0 aliphatic heterocycles. The molecule has 0 atom stereocenters. The molecule has 0 spiro atoms. The summed E-state index contributed by atoms with van der Waals surface area (Å²) >= 11 is 6.12. The molecule has 0 aliphatic rings. The molecule has 0 saturated carbocycles. The van der Waals surface area contributed by atoms with E-state index in [9.17, 15) is 0 Å². The Morgan fingerprint density at radius 2 is 1.95 bits per heavy atom. The molecule has 7 nitrogen and oxygen atoms in total. The van der Waals surface area contributed by atoms with E-state index in [1.54, 1.807) is 25.3 Å². The summed E-state index contributed by atoms with van der Waals surface area (Å²) in [5, 5.41) is 12.9. The number of aromatic nitrogens is 3. The third kappa shape index (κ3) is 2.43. The van der Waals surface area contributed by atoms with Gasteiger partial charge in [-0.05, 0) is 48.4 Å². The lowest BCUT2D eigenvalue weighted by molar-refractivity contribution is 0.415. The number of nitrogens with zero attached hydrogens (tertiary/aromatic N) is 6. The molecule has 2 aromatic carbocycles. The highest BCUT2D eigenvalue weighted by Gasteiger charge is 2.09. The number of methoxy groups -OCH3 is 1. The van der Waals surface area contributed by atoms with Crippen LogP contribution in [-0.4, -0.2) is 22.1 Å². The normalized spacial score (nSPS) is 10.5. The maximum atomic E-state index is 8.57. The van der Waals surface area contributed by atoms with Gasteiger partial charge in [-0.1, -0.05) is 16.7 Å². The van der Waals surface area contributed by atoms with Crippen LogP contribution in [0, 0.1) is 6.92 Å². The fourth-order valence-electron chi connectivity index (χ4n) is 2.11. The molecule has 1 heterocycles. The van der Waals surface area contributed by atoms with E-state index in [-0.39, 0.29) is 0 Å². The molecule has 0 amide bonds. The predicted molar refractivity (Wildman–Crippen MR) is 84.0 cm³/mol. The van der Waals surface area contributed by atoms with E-state index < -0.39 is 0 Å². The van der Waals surface area contributed by atoms with E-state index in [2.05, 4.69) is 20.2 Å². The summed E-state index contributed by atoms with van der Waals surface area (Å²) in [6.45, 7) is 1.85. The molecule has 0 radical (unpaired) electrons. The van der Waals surface area contributed by atoms with E-state index in [0.717, 1.165) is 5.56 Å². The first kappa shape index (κ1) is 14.2. The summed E-state index contributed by atoms with van der Waals surface area (Å²) in [5.41, 5.74) is 12.0. The molecule has 0 saturated heterocycles. The van der Waals surface area contributed by atoms with Gasteiger partial charge in [0.2, 0.25) is 0 Å². The standard InChI is InChI=1S/C14H11ClN6O/c1-8-5-12-13(7-11(8)17-20-16)19-21(18-12)9-3-4-14(22-2)10(15)6-9/h3-7H,1-2H3. The van der Waals surface area contributed by atoms with Gasteiger partial charge < -0.3 is 4.74 Å². The van der Waals surface area contributed by atoms with Crippen LogP contribution in [0.4, 0.5) is 5.69 Å². The van der Waals surface area contributed by atoms with Crippen LogP contribution in [0.15, 0.2) is 35.4 Å². The maximum absolute atomic E-state index is 8.57. The van der Waals surface area contributed by atoms with Crippen LogP contribution in [0.1, 0.15) is 5.56 Å². The van der Waals surface area contributed by atoms with Gasteiger partial charge in [0, 0.05) is 10.6 Å². The van der Waals surface area contributed by atoms with Crippen molar-refractivity contribution in [3.8, 4) is 11.4 Å². The summed E-state index contributed by atoms with van der Waals surface area (Å²) in [4.78, 5) is 4.29. The molecule has 1 aromatic heterocycles. The van der Waals surface area contributed by atoms with Gasteiger partial charge in [-0.3, -0.25) is 0 Å². The number of ether oxygens (including phenoxy) is 1. The number of aryl methyl sites for hydroxylation is 1. The Morgan fingerprint density at radius 3 is 2.59 bits per heavy atom. The van der Waals surface area contributed by atoms with Crippen molar-refractivity contribution < 1.29 is 4.74 Å². The smallest absolute Gasteiger partial charge is 0.137 e. The zero-order valence-corrected chi connectivity index (χ0v) is 12.6. The maximum Gasteiger partial charge on any atom is 0.137 e. The van der Waals surface area contributed by atoms with Gasteiger partial charge in [0.15, 0.2) is 0 Å². The molecular formula is C14H11ClN6O. The van der Waals surface area contributed by atoms with E-state index in [0.29, 0.717) is 33.2 Å². The van der Waals surface area contributed by atoms with Crippen LogP contribution < -0.4 is 4.74 Å². The van der Waals surface area contributed by atoms with Crippen molar-refractivity contribution in [2.75, 3.05) is 7.11 Å². The first-order chi connectivity index (χ1) is 10.6. The molecule has 0 aliphatic carbocycles. The number of hydrogen-bond donors (Lipinski definition) is 0. The minimum absolute atomic E-state index is 0.479. The number of hydrogen-bond acceptors (Lipinski definition) is 4. The lowest BCUT2D eigenvalue weighted by Crippen LogP contribution is -1.98. The number of azide groups is 1. The fourth-order valence-corrected chi connectivity index (χ4v) is 2.36. The Morgan fingerprint density at radius 1 is 1.23 bits per heavy atom. The fraction of sp³-hybridized carbons (Fsp3) is 0.143. The average molecular weight is 315 g/mol. The first-order valence-corrected chi connectivity index (χ1v) is 6.77. The third-order valence-corrected chi connectivity index (χ3v) is 3.51. The van der Waals surface area contributed by atoms with E-state index in [4.69, 9.17) is 21.9 Å². The van der Waals surface area contributed by atoms with Crippen molar-refractivity contribution >= 4 is 28.3 Å². The molecule has 8 heteroatoms. The van der Waals surface area contributed by atoms with Crippen molar-refractivity contribution in [2.45, 2.75) is 6.92 Å². The summed E-state index contributed by atoms with van der Waals surface area (Å²) in [6.07, 6.45) is 0. The lowest BCUT2D eigenvalue weighted by atomic mass is 10.2. The van der Waals surface area contributed by atoms with Gasteiger partial charge >= 0.3 is 0 Å². The Bertz CT molecular complexity index is 913. The Balaban J connectivity index is 2.12. The number of fused-ring (bicyclic) bond motifs is 1. The van der Waals surface area contributed by atoms with Crippen molar-refractivity contribution in [1.82, 2.24) is 15.0 Å². The van der Waals surface area contributed by atoms with Crippen LogP contribution in [0.25, 0.3) is 27.2 Å². The highest BCUT2D eigenvalue weighted by atomic mass is 35.5. The SMILES string of the molecule is COc1ccc(-n2nc3cc(C)c(N=[N+]=[N-])cc3n2)cc1Cl. The van der Waals surface area contributed by atoms with Gasteiger partial charge in [0.25, 0.3) is 0 Å². The van der Waals surface area contributed by atoms with Crippen LogP contribution in [0.3, 0.4) is 0 Å². The van der Waals surface area contributed by atoms with E-state index in [1.807, 2.05) is 19.1 Å². The monoisotopic (exact) mass is 314 g/mol. The van der Waals surface area contributed by atoms with Gasteiger partial charge in [-0.25, -0.2) is 0 Å². The van der Waals surface area contributed by atoms with Crippen molar-refractivity contribution in [3.63, 3.8) is 0 Å². The highest BCUT2D eigenvalue weighted by molar-refractivity contribution is 6.32. The van der Waals surface area contributed by atoms with Crippen LogP contribution in [0.5, 0.6) is 5.75 Å². The number of benzene rings is 2. The highest BCUT2D eigenvalue weighted by Crippen LogP contribution is 2.28. The van der Waals surface area contributed by atoms with Gasteiger partial charge in [0.05, 0.1) is 17.8 Å². The molecular weight excluding hydrogens is 304 g/mol. The molecule has 0 fully saturated rings. The molecule has 3 rings (SSSR count). The zero-order chi connectivity index (χ0) is 15.7. The predicted octanol–water partition coefficient (Wildman–Crippen LogP) is 4.33. The summed E-state index contributed by atoms with van der Waals surface area (Å²) in [5.74, 6) is 0.587. The van der Waals surface area contributed by atoms with Crippen molar-refractivity contribution in [1.29, 1.82) is 0 Å². The largest absolute Gasteiger partial charge is 0.495 e. The summed E-state index contributed by atoms with van der Waals surface area (Å²) < 4.78 is 5.12. The zero-order valence-electron chi connectivity index (χ0n) is 11.9. The topological polar surface area (TPSA) is 88.7 Å². The van der Waals surface area contributed by atoms with Gasteiger partial charge in [-0.2, -0.15) is 4.80 Å². The molecule has 22 heavy (non-hydrogen) atoms. The summed E-state index contributed by atoms with van der Waals surface area (Å²) in [7, 11) is 1.56. The Labute approximate surface area is 130 Å². The van der Waals surface area contributed by atoms with E-state index >= 15 is 0 Å². The van der Waals surface area contributed by atoms with Gasteiger partial charge in [-0.15, -0.1) is 10.2 Å². The van der Waals surface area contributed by atoms with Gasteiger partial charge in [0.1, 0.15) is 16.8 Å². The minimum Gasteiger partial charge on any atom is -0.495 e. The quantitative estimate of drug-likeness (QED) is 0.409. The summed E-state index contributed by atoms with van der Waals surface area (Å²) in [6, 6.07) is 8.82. The second kappa shape index (κ2) is 5.55. The molecule has 0 unspecified atom stereocenters. The lowest BCUT2D eigenvalue weighted by Gasteiger charge is -2.04. The first-order valence-electron chi connectivity index (χ1n) is 6.39. The average Bonchev–Trinajstić information content (AvgIpc) is 2.90.